The fourth-order valence-corrected chi connectivity index (χ4v) is 5.06. The van der Waals surface area contributed by atoms with Crippen LogP contribution in [0.2, 0.25) is 0 Å². The first-order chi connectivity index (χ1) is 11.7. The summed E-state index contributed by atoms with van der Waals surface area (Å²) in [6, 6.07) is 0.812. The van der Waals surface area contributed by atoms with Crippen LogP contribution in [0.5, 0.6) is 0 Å². The van der Waals surface area contributed by atoms with Crippen molar-refractivity contribution in [2.24, 2.45) is 0 Å². The molecule has 1 aromatic heterocycles. The highest BCUT2D eigenvalue weighted by atomic mass is 32.1. The Morgan fingerprint density at radius 3 is 3.00 bits per heavy atom. The molecule has 6 nitrogen and oxygen atoms in total. The maximum absolute atomic E-state index is 12.4. The van der Waals surface area contributed by atoms with Crippen molar-refractivity contribution in [2.75, 3.05) is 24.5 Å². The fraction of sp³-hybridized carbons (Fsp3) is 0.706. The van der Waals surface area contributed by atoms with Crippen LogP contribution in [0.4, 0.5) is 5.13 Å². The molecule has 0 saturated carbocycles. The number of fused-ring (bicyclic) bond motifs is 1. The molecule has 130 valence electrons. The van der Waals surface area contributed by atoms with Gasteiger partial charge in [-0.2, -0.15) is 0 Å². The first-order valence-corrected chi connectivity index (χ1v) is 9.87. The van der Waals surface area contributed by atoms with Crippen LogP contribution in [0.25, 0.3) is 0 Å². The van der Waals surface area contributed by atoms with Gasteiger partial charge in [-0.25, -0.2) is 4.98 Å². The van der Waals surface area contributed by atoms with Crippen LogP contribution in [0.3, 0.4) is 0 Å². The molecular formula is C17H24N4O2S. The molecule has 0 aliphatic carbocycles. The number of nitrogens with zero attached hydrogens (tertiary/aromatic N) is 3. The fourth-order valence-electron chi connectivity index (χ4n) is 4.19. The van der Waals surface area contributed by atoms with Crippen LogP contribution >= 0.6 is 11.3 Å². The standard InChI is InChI=1S/C17H24N4O2S/c22-15(19-13-6-9-20-7-2-1-4-14(13)20)10-12-11-24-17(18-12)21-8-3-5-16(21)23/h11,13-14H,1-10H2,(H,19,22)/t13-,14+/m1/s1. The summed E-state index contributed by atoms with van der Waals surface area (Å²) in [5, 5.41) is 5.86. The third kappa shape index (κ3) is 3.19. The maximum atomic E-state index is 12.4. The predicted octanol–water partition coefficient (Wildman–Crippen LogP) is 1.56. The molecule has 7 heteroatoms. The molecule has 24 heavy (non-hydrogen) atoms. The van der Waals surface area contributed by atoms with Crippen LogP contribution < -0.4 is 10.2 Å². The Morgan fingerprint density at radius 2 is 2.17 bits per heavy atom. The average molecular weight is 348 g/mol. The lowest BCUT2D eigenvalue weighted by Crippen LogP contribution is -2.47. The number of thiazole rings is 1. The molecule has 3 aliphatic heterocycles. The molecule has 0 radical (unpaired) electrons. The van der Waals surface area contributed by atoms with E-state index in [4.69, 9.17) is 0 Å². The van der Waals surface area contributed by atoms with Gasteiger partial charge in [-0.15, -0.1) is 11.3 Å². The number of rotatable bonds is 4. The van der Waals surface area contributed by atoms with E-state index in [0.29, 0.717) is 18.9 Å². The van der Waals surface area contributed by atoms with E-state index in [9.17, 15) is 9.59 Å². The smallest absolute Gasteiger partial charge is 0.228 e. The minimum absolute atomic E-state index is 0.0528. The second kappa shape index (κ2) is 6.80. The van der Waals surface area contributed by atoms with Crippen molar-refractivity contribution >= 4 is 28.3 Å². The summed E-state index contributed by atoms with van der Waals surface area (Å²) in [7, 11) is 0. The minimum Gasteiger partial charge on any atom is -0.351 e. The molecule has 3 aliphatic rings. The lowest BCUT2D eigenvalue weighted by Gasteiger charge is -2.32. The Morgan fingerprint density at radius 1 is 1.25 bits per heavy atom. The van der Waals surface area contributed by atoms with Crippen molar-refractivity contribution in [1.82, 2.24) is 15.2 Å². The number of hydrogen-bond donors (Lipinski definition) is 1. The van der Waals surface area contributed by atoms with Gasteiger partial charge < -0.3 is 5.32 Å². The molecule has 0 unspecified atom stereocenters. The van der Waals surface area contributed by atoms with E-state index in [1.807, 2.05) is 5.38 Å². The normalized spacial score (nSPS) is 27.5. The van der Waals surface area contributed by atoms with E-state index in [1.54, 1.807) is 4.90 Å². The van der Waals surface area contributed by atoms with E-state index in [0.717, 1.165) is 36.8 Å². The largest absolute Gasteiger partial charge is 0.351 e. The Hall–Kier alpha value is -1.47. The number of anilines is 1. The first-order valence-electron chi connectivity index (χ1n) is 8.99. The first kappa shape index (κ1) is 16.0. The predicted molar refractivity (Wildman–Crippen MR) is 93.2 cm³/mol. The van der Waals surface area contributed by atoms with E-state index in [2.05, 4.69) is 15.2 Å². The van der Waals surface area contributed by atoms with E-state index >= 15 is 0 Å². The minimum atomic E-state index is 0.0528. The molecule has 3 saturated heterocycles. The van der Waals surface area contributed by atoms with Gasteiger partial charge in [0.15, 0.2) is 5.13 Å². The number of carbonyl (C=O) groups is 2. The maximum Gasteiger partial charge on any atom is 0.228 e. The lowest BCUT2D eigenvalue weighted by molar-refractivity contribution is -0.121. The van der Waals surface area contributed by atoms with E-state index in [-0.39, 0.29) is 17.9 Å². The Kier molecular flexibility index (Phi) is 4.54. The average Bonchev–Trinajstić information content (AvgIpc) is 3.28. The van der Waals surface area contributed by atoms with Crippen molar-refractivity contribution < 1.29 is 9.59 Å². The van der Waals surface area contributed by atoms with Crippen LogP contribution in [0.1, 0.15) is 44.2 Å². The molecular weight excluding hydrogens is 324 g/mol. The van der Waals surface area contributed by atoms with Crippen molar-refractivity contribution in [2.45, 2.75) is 57.0 Å². The van der Waals surface area contributed by atoms with Crippen molar-refractivity contribution in [3.63, 3.8) is 0 Å². The highest BCUT2D eigenvalue weighted by Crippen LogP contribution is 2.28. The van der Waals surface area contributed by atoms with Gasteiger partial charge in [-0.1, -0.05) is 6.42 Å². The number of carbonyl (C=O) groups excluding carboxylic acids is 2. The lowest BCUT2D eigenvalue weighted by atomic mass is 9.99. The third-order valence-corrected chi connectivity index (χ3v) is 6.30. The van der Waals surface area contributed by atoms with Crippen LogP contribution in [-0.4, -0.2) is 53.4 Å². The number of amides is 2. The highest BCUT2D eigenvalue weighted by molar-refractivity contribution is 7.14. The molecule has 0 spiro atoms. The summed E-state index contributed by atoms with van der Waals surface area (Å²) < 4.78 is 0. The quantitative estimate of drug-likeness (QED) is 0.897. The zero-order chi connectivity index (χ0) is 16.5. The van der Waals surface area contributed by atoms with Gasteiger partial charge in [0.25, 0.3) is 0 Å². The molecule has 2 atom stereocenters. The number of piperidine rings is 1. The van der Waals surface area contributed by atoms with Gasteiger partial charge in [0.2, 0.25) is 11.8 Å². The summed E-state index contributed by atoms with van der Waals surface area (Å²) >= 11 is 1.46. The van der Waals surface area contributed by atoms with Gasteiger partial charge in [0.05, 0.1) is 12.1 Å². The van der Waals surface area contributed by atoms with Gasteiger partial charge in [0, 0.05) is 37.0 Å². The van der Waals surface area contributed by atoms with Crippen molar-refractivity contribution in [3.8, 4) is 0 Å². The molecule has 0 aromatic carbocycles. The SMILES string of the molecule is O=C(Cc1csc(N2CCCC2=O)n1)N[C@@H]1CCN2CCCC[C@@H]12. The summed E-state index contributed by atoms with van der Waals surface area (Å²) in [6.07, 6.45) is 6.62. The summed E-state index contributed by atoms with van der Waals surface area (Å²) in [4.78, 5) is 32.9. The molecule has 3 fully saturated rings. The van der Waals surface area contributed by atoms with E-state index < -0.39 is 0 Å². The second-order valence-corrected chi connectivity index (χ2v) is 7.85. The van der Waals surface area contributed by atoms with Gasteiger partial charge in [-0.05, 0) is 32.2 Å². The number of nitrogens with one attached hydrogen (secondary N) is 1. The zero-order valence-electron chi connectivity index (χ0n) is 13.9. The molecule has 4 heterocycles. The number of hydrogen-bond acceptors (Lipinski definition) is 5. The summed E-state index contributed by atoms with van der Waals surface area (Å²) in [5.74, 6) is 0.195. The summed E-state index contributed by atoms with van der Waals surface area (Å²) in [6.45, 7) is 3.03. The molecule has 1 aromatic rings. The Labute approximate surface area is 146 Å². The number of aromatic nitrogens is 1. The third-order valence-electron chi connectivity index (χ3n) is 5.39. The highest BCUT2D eigenvalue weighted by Gasteiger charge is 2.36. The molecule has 4 rings (SSSR count). The molecule has 0 bridgehead atoms. The van der Waals surface area contributed by atoms with Crippen molar-refractivity contribution in [3.05, 3.63) is 11.1 Å². The van der Waals surface area contributed by atoms with E-state index in [1.165, 1.54) is 37.1 Å². The van der Waals surface area contributed by atoms with Crippen LogP contribution in [0.15, 0.2) is 5.38 Å². The van der Waals surface area contributed by atoms with Crippen LogP contribution in [-0.2, 0) is 16.0 Å². The molecule has 2 amide bonds. The van der Waals surface area contributed by atoms with Crippen molar-refractivity contribution in [1.29, 1.82) is 0 Å². The second-order valence-electron chi connectivity index (χ2n) is 7.01. The van der Waals surface area contributed by atoms with Gasteiger partial charge in [-0.3, -0.25) is 19.4 Å². The van der Waals surface area contributed by atoms with Gasteiger partial charge in [0.1, 0.15) is 0 Å². The zero-order valence-corrected chi connectivity index (χ0v) is 14.7. The Balaban J connectivity index is 1.33. The van der Waals surface area contributed by atoms with Gasteiger partial charge >= 0.3 is 0 Å². The monoisotopic (exact) mass is 348 g/mol. The van der Waals surface area contributed by atoms with Crippen LogP contribution in [0, 0.1) is 0 Å². The Bertz CT molecular complexity index is 632. The molecule has 1 N–H and O–H groups in total. The topological polar surface area (TPSA) is 65.5 Å². The summed E-state index contributed by atoms with van der Waals surface area (Å²) in [5.41, 5.74) is 0.769.